The number of halogens is 2. The highest BCUT2D eigenvalue weighted by Crippen LogP contribution is 2.47. The Morgan fingerprint density at radius 3 is 2.51 bits per heavy atom. The lowest BCUT2D eigenvalue weighted by Gasteiger charge is -2.23. The Hall–Kier alpha value is -3.24. The number of aromatic nitrogens is 1. The van der Waals surface area contributed by atoms with E-state index in [4.69, 9.17) is 28.3 Å². The van der Waals surface area contributed by atoms with Gasteiger partial charge in [-0.15, -0.1) is 0 Å². The van der Waals surface area contributed by atoms with E-state index in [9.17, 15) is 9.59 Å². The van der Waals surface area contributed by atoms with Crippen molar-refractivity contribution in [1.29, 1.82) is 0 Å². The number of carbonyl (C=O) groups is 2. The van der Waals surface area contributed by atoms with Crippen molar-refractivity contribution in [2.24, 2.45) is 0 Å². The Bertz CT molecular complexity index is 1710. The summed E-state index contributed by atoms with van der Waals surface area (Å²) in [5, 5.41) is 15.9. The van der Waals surface area contributed by atoms with Crippen LogP contribution < -0.4 is 19.7 Å². The fourth-order valence-electron chi connectivity index (χ4n) is 5.44. The van der Waals surface area contributed by atoms with Gasteiger partial charge in [0, 0.05) is 65.7 Å². The summed E-state index contributed by atoms with van der Waals surface area (Å²) in [6, 6.07) is 19.6. The molecule has 0 fully saturated rings. The van der Waals surface area contributed by atoms with Gasteiger partial charge in [0.15, 0.2) is 6.54 Å². The van der Waals surface area contributed by atoms with E-state index in [0.717, 1.165) is 65.0 Å². The number of unbranched alkanes of at least 4 members (excludes halogenated alkanes) is 1. The number of benzene rings is 3. The molecule has 236 valence electrons. The minimum atomic E-state index is -0.847. The van der Waals surface area contributed by atoms with Crippen molar-refractivity contribution in [3.05, 3.63) is 86.3 Å². The highest BCUT2D eigenvalue weighted by Gasteiger charge is 2.27. The zero-order valence-electron chi connectivity index (χ0n) is 25.4. The Morgan fingerprint density at radius 2 is 1.78 bits per heavy atom. The third-order valence-corrected chi connectivity index (χ3v) is 10.4. The molecule has 3 aromatic carbocycles. The monoisotopic (exact) mass is 683 g/mol. The molecule has 0 radical (unpaired) electrons. The molecule has 0 atom stereocenters. The number of thioether (sulfide) groups is 1. The molecular formula is C34H37Cl2N4O3S2+. The van der Waals surface area contributed by atoms with Crippen LogP contribution in [0.1, 0.15) is 43.7 Å². The normalized spacial score (nSPS) is 13.4. The van der Waals surface area contributed by atoms with E-state index < -0.39 is 5.97 Å². The molecule has 4 aromatic rings. The summed E-state index contributed by atoms with van der Waals surface area (Å²) < 4.78 is 3.52. The number of fused-ring (bicyclic) bond motifs is 2. The van der Waals surface area contributed by atoms with Crippen molar-refractivity contribution in [2.75, 3.05) is 36.0 Å². The van der Waals surface area contributed by atoms with Crippen molar-refractivity contribution < 1.29 is 19.3 Å². The van der Waals surface area contributed by atoms with Gasteiger partial charge in [0.1, 0.15) is 4.70 Å². The van der Waals surface area contributed by atoms with E-state index >= 15 is 0 Å². The van der Waals surface area contributed by atoms with Crippen molar-refractivity contribution in [2.45, 2.75) is 51.0 Å². The summed E-state index contributed by atoms with van der Waals surface area (Å²) in [5.74, 6) is -0.820. The van der Waals surface area contributed by atoms with E-state index in [1.165, 1.54) is 14.6 Å². The minimum Gasteiger partial charge on any atom is -0.481 e. The van der Waals surface area contributed by atoms with Crippen LogP contribution in [-0.2, 0) is 22.6 Å². The minimum absolute atomic E-state index is 0.00376. The van der Waals surface area contributed by atoms with Crippen LogP contribution in [0.4, 0.5) is 11.4 Å². The summed E-state index contributed by atoms with van der Waals surface area (Å²) in [6.45, 7) is 7.83. The summed E-state index contributed by atoms with van der Waals surface area (Å²) in [6.07, 6.45) is 4.42. The molecule has 1 aliphatic heterocycles. The van der Waals surface area contributed by atoms with Gasteiger partial charge in [0.25, 0.3) is 5.01 Å². The molecule has 0 unspecified atom stereocenters. The molecule has 7 nitrogen and oxygen atoms in total. The van der Waals surface area contributed by atoms with Crippen LogP contribution in [-0.4, -0.2) is 43.2 Å². The van der Waals surface area contributed by atoms with Crippen molar-refractivity contribution in [3.63, 3.8) is 0 Å². The maximum absolute atomic E-state index is 12.7. The lowest BCUT2D eigenvalue weighted by Crippen LogP contribution is -2.36. The van der Waals surface area contributed by atoms with Gasteiger partial charge >= 0.3 is 5.97 Å². The molecule has 45 heavy (non-hydrogen) atoms. The van der Waals surface area contributed by atoms with Crippen LogP contribution in [0.15, 0.2) is 70.6 Å². The maximum atomic E-state index is 12.7. The molecule has 5 rings (SSSR count). The standard InChI is InChI=1S/C34H36Cl2N4O3S2/c1-3-38(26-11-7-23(8-12-26)19-34(42)43)18-15-31(41)37-16-5-6-17-40-28-21-25(36)10-14-30(28)45-33(40)22-32-39(4-2)27-20-24(35)9-13-29(27)44-32/h7-14,20-22H,3-6,15-19H2,1-2H3,(H-,37,41,42,43)/p+1. The van der Waals surface area contributed by atoms with Gasteiger partial charge in [-0.2, -0.15) is 4.57 Å². The van der Waals surface area contributed by atoms with Crippen LogP contribution in [0.5, 0.6) is 0 Å². The molecule has 0 aliphatic carbocycles. The summed E-state index contributed by atoms with van der Waals surface area (Å²) in [5.41, 5.74) is 4.00. The number of aliphatic carboxylic acids is 1. The maximum Gasteiger partial charge on any atom is 0.307 e. The molecule has 2 heterocycles. The van der Waals surface area contributed by atoms with Gasteiger partial charge in [-0.05, 0) is 68.3 Å². The summed E-state index contributed by atoms with van der Waals surface area (Å²) in [7, 11) is 0. The third-order valence-electron chi connectivity index (χ3n) is 7.73. The van der Waals surface area contributed by atoms with Crippen LogP contribution >= 0.6 is 46.3 Å². The number of hydrogen-bond acceptors (Lipinski definition) is 6. The Morgan fingerprint density at radius 1 is 1.02 bits per heavy atom. The van der Waals surface area contributed by atoms with Gasteiger partial charge in [-0.3, -0.25) is 9.59 Å². The number of aryl methyl sites for hydroxylation is 1. The van der Waals surface area contributed by atoms with Crippen molar-refractivity contribution in [3.8, 4) is 0 Å². The summed E-state index contributed by atoms with van der Waals surface area (Å²) >= 11 is 16.3. The fraction of sp³-hybridized carbons (Fsp3) is 0.324. The van der Waals surface area contributed by atoms with Gasteiger partial charge in [0.2, 0.25) is 11.4 Å². The number of thiazole rings is 1. The van der Waals surface area contributed by atoms with Crippen LogP contribution in [0, 0.1) is 0 Å². The lowest BCUT2D eigenvalue weighted by atomic mass is 10.1. The van der Waals surface area contributed by atoms with Crippen LogP contribution in [0.25, 0.3) is 16.3 Å². The first-order valence-corrected chi connectivity index (χ1v) is 17.6. The smallest absolute Gasteiger partial charge is 0.307 e. The molecule has 1 amide bonds. The predicted octanol–water partition coefficient (Wildman–Crippen LogP) is 7.87. The van der Waals surface area contributed by atoms with Gasteiger partial charge in [-0.1, -0.05) is 58.4 Å². The highest BCUT2D eigenvalue weighted by atomic mass is 35.5. The van der Waals surface area contributed by atoms with E-state index in [0.29, 0.717) is 24.5 Å². The number of carboxylic acid groups (broad SMARTS) is 1. The predicted molar refractivity (Wildman–Crippen MR) is 188 cm³/mol. The van der Waals surface area contributed by atoms with E-state index in [2.05, 4.69) is 44.8 Å². The fourth-order valence-corrected chi connectivity index (χ4v) is 8.10. The first kappa shape index (κ1) is 33.1. The average molecular weight is 685 g/mol. The van der Waals surface area contributed by atoms with Crippen molar-refractivity contribution >= 4 is 85.8 Å². The average Bonchev–Trinajstić information content (AvgIpc) is 3.53. The molecule has 11 heteroatoms. The second-order valence-electron chi connectivity index (χ2n) is 10.8. The zero-order chi connectivity index (χ0) is 31.9. The first-order chi connectivity index (χ1) is 21.7. The Labute approximate surface area is 282 Å². The second kappa shape index (κ2) is 15.4. The zero-order valence-corrected chi connectivity index (χ0v) is 28.5. The molecular weight excluding hydrogens is 647 g/mol. The molecule has 1 aliphatic rings. The SMILES string of the molecule is CCN(CCC(=O)NCCCC[n+]1c(/C=C2\Sc3ccc(Cl)cc3N2CC)sc2ccc(Cl)cc21)c1ccc(CC(=O)O)cc1. The lowest BCUT2D eigenvalue weighted by molar-refractivity contribution is -0.669. The summed E-state index contributed by atoms with van der Waals surface area (Å²) in [4.78, 5) is 29.2. The van der Waals surface area contributed by atoms with Gasteiger partial charge in [0.05, 0.1) is 23.2 Å². The number of amides is 1. The molecule has 0 bridgehead atoms. The number of carboxylic acids is 1. The number of nitrogens with zero attached hydrogens (tertiary/aromatic N) is 3. The van der Waals surface area contributed by atoms with E-state index in [1.54, 1.807) is 23.1 Å². The largest absolute Gasteiger partial charge is 0.481 e. The first-order valence-electron chi connectivity index (χ1n) is 15.2. The van der Waals surface area contributed by atoms with E-state index in [-0.39, 0.29) is 12.3 Å². The van der Waals surface area contributed by atoms with Gasteiger partial charge in [-0.25, -0.2) is 0 Å². The molecule has 0 saturated carbocycles. The molecule has 0 saturated heterocycles. The molecule has 1 aromatic heterocycles. The number of hydrogen-bond donors (Lipinski definition) is 2. The number of anilines is 2. The quantitative estimate of drug-likeness (QED) is 0.104. The highest BCUT2D eigenvalue weighted by molar-refractivity contribution is 8.03. The number of rotatable bonds is 14. The second-order valence-corrected chi connectivity index (χ2v) is 13.8. The van der Waals surface area contributed by atoms with Crippen LogP contribution in [0.2, 0.25) is 10.0 Å². The number of carbonyl (C=O) groups excluding carboxylic acids is 1. The number of nitrogens with one attached hydrogen (secondary N) is 1. The Balaban J connectivity index is 1.17. The van der Waals surface area contributed by atoms with Crippen molar-refractivity contribution in [1.82, 2.24) is 5.32 Å². The topological polar surface area (TPSA) is 76.8 Å². The molecule has 2 N–H and O–H groups in total. The third kappa shape index (κ3) is 8.33. The van der Waals surface area contributed by atoms with Gasteiger partial charge < -0.3 is 20.2 Å². The van der Waals surface area contributed by atoms with Crippen LogP contribution in [0.3, 0.4) is 0 Å². The van der Waals surface area contributed by atoms with E-state index in [1.807, 2.05) is 55.5 Å². The Kier molecular flexibility index (Phi) is 11.3. The molecule has 0 spiro atoms.